The van der Waals surface area contributed by atoms with Crippen LogP contribution in [-0.2, 0) is 9.59 Å². The van der Waals surface area contributed by atoms with Crippen molar-refractivity contribution in [3.63, 3.8) is 0 Å². The molecule has 2 aliphatic carbocycles. The fraction of sp³-hybridized carbons (Fsp3) is 0.500. The van der Waals surface area contributed by atoms with Gasteiger partial charge in [0.25, 0.3) is 0 Å². The highest BCUT2D eigenvalue weighted by molar-refractivity contribution is 5.87. The lowest BCUT2D eigenvalue weighted by atomic mass is 9.82. The first-order valence-electron chi connectivity index (χ1n) is 6.10. The normalized spacial score (nSPS) is 30.6. The van der Waals surface area contributed by atoms with Gasteiger partial charge < -0.3 is 10.0 Å². The third-order valence-corrected chi connectivity index (χ3v) is 3.88. The molecule has 1 fully saturated rings. The molecular weight excluding hydrogens is 244 g/mol. The number of carbonyl (C=O) groups excluding carboxylic acids is 1. The first kappa shape index (κ1) is 13.2. The Morgan fingerprint density at radius 3 is 2.47 bits per heavy atom. The number of carbonyl (C=O) groups is 2. The van der Waals surface area contributed by atoms with E-state index >= 15 is 0 Å². The molecule has 5 nitrogen and oxygen atoms in total. The number of nitrogens with zero attached hydrogens (tertiary/aromatic N) is 2. The summed E-state index contributed by atoms with van der Waals surface area (Å²) >= 11 is 0. The van der Waals surface area contributed by atoms with Crippen LogP contribution in [0.3, 0.4) is 0 Å². The molecule has 5 heteroatoms. The number of terminal acetylenes is 1. The van der Waals surface area contributed by atoms with E-state index in [1.54, 1.807) is 0 Å². The van der Waals surface area contributed by atoms with Crippen molar-refractivity contribution < 1.29 is 14.7 Å². The van der Waals surface area contributed by atoms with Crippen LogP contribution in [0.4, 0.5) is 0 Å². The Balaban J connectivity index is 2.22. The van der Waals surface area contributed by atoms with Crippen LogP contribution in [0, 0.1) is 47.3 Å². The number of fused-ring (bicyclic) bond motifs is 2. The number of rotatable bonds is 4. The van der Waals surface area contributed by atoms with Crippen LogP contribution >= 0.6 is 0 Å². The summed E-state index contributed by atoms with van der Waals surface area (Å²) in [5.74, 6) is -0.337. The van der Waals surface area contributed by atoms with Crippen molar-refractivity contribution in [2.75, 3.05) is 13.1 Å². The van der Waals surface area contributed by atoms with Gasteiger partial charge in [-0.15, -0.1) is 6.42 Å². The Labute approximate surface area is 111 Å². The zero-order valence-corrected chi connectivity index (χ0v) is 10.3. The van der Waals surface area contributed by atoms with Crippen LogP contribution in [0.2, 0.25) is 0 Å². The van der Waals surface area contributed by atoms with Crippen LogP contribution in [0.25, 0.3) is 0 Å². The fourth-order valence-corrected chi connectivity index (χ4v) is 3.11. The Hall–Kier alpha value is -2.27. The molecule has 1 N–H and O–H groups in total. The minimum Gasteiger partial charge on any atom is -0.481 e. The third-order valence-electron chi connectivity index (χ3n) is 3.88. The predicted octanol–water partition coefficient (Wildman–Crippen LogP) is 0.495. The SMILES string of the molecule is C#CCN(CC#N)C(=O)C1C2C=CC(C2)C1C(=O)O. The summed E-state index contributed by atoms with van der Waals surface area (Å²) in [6.07, 6.45) is 9.67. The summed E-state index contributed by atoms with van der Waals surface area (Å²) in [5, 5.41) is 18.0. The van der Waals surface area contributed by atoms with E-state index in [1.807, 2.05) is 18.2 Å². The average molecular weight is 258 g/mol. The first-order chi connectivity index (χ1) is 9.10. The maximum atomic E-state index is 12.4. The molecule has 1 amide bonds. The number of amides is 1. The summed E-state index contributed by atoms with van der Waals surface area (Å²) in [6.45, 7) is -0.0662. The molecule has 0 aromatic carbocycles. The molecule has 2 rings (SSSR count). The van der Waals surface area contributed by atoms with E-state index in [4.69, 9.17) is 11.7 Å². The Kier molecular flexibility index (Phi) is 3.57. The number of aliphatic carboxylic acids is 1. The van der Waals surface area contributed by atoms with Gasteiger partial charge in [-0.25, -0.2) is 0 Å². The molecule has 0 aromatic rings. The number of allylic oxidation sites excluding steroid dienone is 2. The lowest BCUT2D eigenvalue weighted by Crippen LogP contribution is -2.43. The van der Waals surface area contributed by atoms with Gasteiger partial charge in [0.1, 0.15) is 6.54 Å². The molecule has 0 spiro atoms. The van der Waals surface area contributed by atoms with Gasteiger partial charge in [-0.1, -0.05) is 18.1 Å². The van der Waals surface area contributed by atoms with Crippen LogP contribution in [-0.4, -0.2) is 35.0 Å². The molecule has 0 aromatic heterocycles. The van der Waals surface area contributed by atoms with Gasteiger partial charge in [0, 0.05) is 0 Å². The van der Waals surface area contributed by atoms with Crippen molar-refractivity contribution in [2.24, 2.45) is 23.7 Å². The minimum atomic E-state index is -0.951. The summed E-state index contributed by atoms with van der Waals surface area (Å²) in [4.78, 5) is 25.0. The maximum absolute atomic E-state index is 12.4. The molecular formula is C14H14N2O3. The summed E-state index contributed by atoms with van der Waals surface area (Å²) < 4.78 is 0. The maximum Gasteiger partial charge on any atom is 0.307 e. The van der Waals surface area contributed by atoms with E-state index in [9.17, 15) is 14.7 Å². The van der Waals surface area contributed by atoms with Crippen molar-refractivity contribution in [1.29, 1.82) is 5.26 Å². The van der Waals surface area contributed by atoms with Gasteiger partial charge >= 0.3 is 5.97 Å². The number of carboxylic acids is 1. The van der Waals surface area contributed by atoms with E-state index in [2.05, 4.69) is 5.92 Å². The highest BCUT2D eigenvalue weighted by atomic mass is 16.4. The van der Waals surface area contributed by atoms with Crippen LogP contribution in [0.1, 0.15) is 6.42 Å². The molecule has 2 bridgehead atoms. The number of hydrogen-bond donors (Lipinski definition) is 1. The average Bonchev–Trinajstić information content (AvgIpc) is 2.97. The largest absolute Gasteiger partial charge is 0.481 e. The first-order valence-corrected chi connectivity index (χ1v) is 6.10. The van der Waals surface area contributed by atoms with Crippen molar-refractivity contribution >= 4 is 11.9 Å². The predicted molar refractivity (Wildman–Crippen MR) is 66.4 cm³/mol. The molecule has 98 valence electrons. The highest BCUT2D eigenvalue weighted by Gasteiger charge is 2.52. The fourth-order valence-electron chi connectivity index (χ4n) is 3.11. The van der Waals surface area contributed by atoms with Crippen molar-refractivity contribution in [2.45, 2.75) is 6.42 Å². The third kappa shape index (κ3) is 2.20. The Morgan fingerprint density at radius 1 is 1.32 bits per heavy atom. The zero-order valence-electron chi connectivity index (χ0n) is 10.3. The molecule has 4 unspecified atom stereocenters. The van der Waals surface area contributed by atoms with E-state index in [-0.39, 0.29) is 30.8 Å². The van der Waals surface area contributed by atoms with Gasteiger partial charge in [0.2, 0.25) is 5.91 Å². The summed E-state index contributed by atoms with van der Waals surface area (Å²) in [7, 11) is 0. The van der Waals surface area contributed by atoms with E-state index in [0.29, 0.717) is 6.42 Å². The second kappa shape index (κ2) is 5.16. The molecule has 4 atom stereocenters. The Morgan fingerprint density at radius 2 is 1.95 bits per heavy atom. The number of nitriles is 1. The molecule has 0 heterocycles. The van der Waals surface area contributed by atoms with Crippen LogP contribution in [0.15, 0.2) is 12.2 Å². The standard InChI is InChI=1S/C14H14N2O3/c1-2-6-16(7-5-15)13(17)11-9-3-4-10(8-9)12(11)14(18)19/h1,3-4,9-12H,6-8H2,(H,18,19). The molecule has 1 saturated carbocycles. The number of carboxylic acid groups (broad SMARTS) is 1. The lowest BCUT2D eigenvalue weighted by molar-refractivity contribution is -0.150. The van der Waals surface area contributed by atoms with Gasteiger partial charge in [-0.3, -0.25) is 9.59 Å². The monoisotopic (exact) mass is 258 g/mol. The van der Waals surface area contributed by atoms with E-state index < -0.39 is 17.8 Å². The van der Waals surface area contributed by atoms with Crippen molar-refractivity contribution in [1.82, 2.24) is 4.90 Å². The molecule has 0 aliphatic heterocycles. The van der Waals surface area contributed by atoms with E-state index in [1.165, 1.54) is 4.90 Å². The van der Waals surface area contributed by atoms with Gasteiger partial charge in [-0.2, -0.15) is 5.26 Å². The molecule has 0 radical (unpaired) electrons. The lowest BCUT2D eigenvalue weighted by Gasteiger charge is -2.28. The van der Waals surface area contributed by atoms with Gasteiger partial charge in [-0.05, 0) is 18.3 Å². The summed E-state index contributed by atoms with van der Waals surface area (Å²) in [6, 6.07) is 1.89. The smallest absolute Gasteiger partial charge is 0.307 e. The minimum absolute atomic E-state index is 0.0380. The topological polar surface area (TPSA) is 81.4 Å². The quantitative estimate of drug-likeness (QED) is 0.452. The van der Waals surface area contributed by atoms with E-state index in [0.717, 1.165) is 0 Å². The molecule has 19 heavy (non-hydrogen) atoms. The van der Waals surface area contributed by atoms with Crippen molar-refractivity contribution in [3.8, 4) is 18.4 Å². The number of hydrogen-bond acceptors (Lipinski definition) is 3. The second-order valence-electron chi connectivity index (χ2n) is 4.89. The summed E-state index contributed by atoms with van der Waals surface area (Å²) in [5.41, 5.74) is 0. The van der Waals surface area contributed by atoms with Crippen LogP contribution in [0.5, 0.6) is 0 Å². The highest BCUT2D eigenvalue weighted by Crippen LogP contribution is 2.48. The molecule has 0 saturated heterocycles. The zero-order chi connectivity index (χ0) is 14.0. The second-order valence-corrected chi connectivity index (χ2v) is 4.89. The van der Waals surface area contributed by atoms with Crippen LogP contribution < -0.4 is 0 Å². The van der Waals surface area contributed by atoms with Gasteiger partial charge in [0.15, 0.2) is 0 Å². The molecule has 2 aliphatic rings. The Bertz CT molecular complexity index is 496. The van der Waals surface area contributed by atoms with Gasteiger partial charge in [0.05, 0.1) is 24.4 Å². The van der Waals surface area contributed by atoms with Crippen molar-refractivity contribution in [3.05, 3.63) is 12.2 Å².